The molecule has 27 heavy (non-hydrogen) atoms. The maximum Gasteiger partial charge on any atom is 0.231 e. The second-order valence-electron chi connectivity index (χ2n) is 6.56. The number of nitrogens with one attached hydrogen (secondary N) is 1. The van der Waals surface area contributed by atoms with E-state index in [2.05, 4.69) is 5.32 Å². The summed E-state index contributed by atoms with van der Waals surface area (Å²) in [6.07, 6.45) is 2.86. The van der Waals surface area contributed by atoms with E-state index >= 15 is 0 Å². The highest BCUT2D eigenvalue weighted by Gasteiger charge is 2.16. The molecule has 1 amide bonds. The first kappa shape index (κ1) is 19.2. The Morgan fingerprint density at radius 1 is 1.11 bits per heavy atom. The molecule has 0 aromatic heterocycles. The lowest BCUT2D eigenvalue weighted by Gasteiger charge is -2.18. The minimum atomic E-state index is -3.23. The molecule has 1 heterocycles. The van der Waals surface area contributed by atoms with Gasteiger partial charge in [0.05, 0.1) is 10.9 Å². The fraction of sp³-hybridized carbons (Fsp3) is 0.350. The zero-order chi connectivity index (χ0) is 19.4. The summed E-state index contributed by atoms with van der Waals surface area (Å²) < 4.78 is 33.8. The third-order valence-electron chi connectivity index (χ3n) is 4.53. The van der Waals surface area contributed by atoms with Gasteiger partial charge in [-0.1, -0.05) is 25.1 Å². The second-order valence-corrected chi connectivity index (χ2v) is 8.57. The molecular formula is C20H23NO5S. The first-order chi connectivity index (χ1) is 12.9. The predicted molar refractivity (Wildman–Crippen MR) is 102 cm³/mol. The topological polar surface area (TPSA) is 81.7 Å². The Morgan fingerprint density at radius 2 is 1.81 bits per heavy atom. The van der Waals surface area contributed by atoms with Crippen LogP contribution in [0, 0.1) is 0 Å². The van der Waals surface area contributed by atoms with Gasteiger partial charge in [-0.25, -0.2) is 8.42 Å². The standard InChI is InChI=1S/C20H23NO5S/c1-3-17(15-6-8-16(9-7-15)27(2,23)24)21-20(22)11-5-14-4-10-18-19(12-14)26-13-25-18/h4,6-10,12,17H,3,5,11,13H2,1-2H3,(H,21,22)/t17-/m1/s1. The van der Waals surface area contributed by atoms with Gasteiger partial charge in [-0.3, -0.25) is 4.79 Å². The Balaban J connectivity index is 1.58. The molecule has 0 unspecified atom stereocenters. The van der Waals surface area contributed by atoms with Crippen LogP contribution < -0.4 is 14.8 Å². The van der Waals surface area contributed by atoms with Crippen LogP contribution in [0.15, 0.2) is 47.4 Å². The van der Waals surface area contributed by atoms with Gasteiger partial charge in [0, 0.05) is 12.7 Å². The van der Waals surface area contributed by atoms with Gasteiger partial charge in [-0.05, 0) is 48.2 Å². The maximum atomic E-state index is 12.4. The molecule has 1 atom stereocenters. The highest BCUT2D eigenvalue weighted by molar-refractivity contribution is 7.90. The minimum absolute atomic E-state index is 0.0493. The van der Waals surface area contributed by atoms with Crippen molar-refractivity contribution in [2.24, 2.45) is 0 Å². The third-order valence-corrected chi connectivity index (χ3v) is 5.66. The molecule has 0 spiro atoms. The van der Waals surface area contributed by atoms with Gasteiger partial charge in [0.2, 0.25) is 12.7 Å². The van der Waals surface area contributed by atoms with E-state index in [-0.39, 0.29) is 23.6 Å². The molecule has 0 aliphatic carbocycles. The van der Waals surface area contributed by atoms with Gasteiger partial charge in [0.15, 0.2) is 21.3 Å². The molecule has 6 nitrogen and oxygen atoms in total. The van der Waals surface area contributed by atoms with Gasteiger partial charge >= 0.3 is 0 Å². The molecule has 0 bridgehead atoms. The van der Waals surface area contributed by atoms with Crippen LogP contribution >= 0.6 is 0 Å². The van der Waals surface area contributed by atoms with Crippen LogP contribution in [0.2, 0.25) is 0 Å². The quantitative estimate of drug-likeness (QED) is 0.787. The van der Waals surface area contributed by atoms with Crippen molar-refractivity contribution in [2.45, 2.75) is 37.1 Å². The Labute approximate surface area is 159 Å². The first-order valence-corrected chi connectivity index (χ1v) is 10.7. The van der Waals surface area contributed by atoms with Gasteiger partial charge in [0.1, 0.15) is 0 Å². The van der Waals surface area contributed by atoms with E-state index in [1.807, 2.05) is 25.1 Å². The van der Waals surface area contributed by atoms with Crippen LogP contribution in [0.25, 0.3) is 0 Å². The van der Waals surface area contributed by atoms with Crippen LogP contribution in [0.1, 0.15) is 36.9 Å². The van der Waals surface area contributed by atoms with Crippen LogP contribution in [0.5, 0.6) is 11.5 Å². The molecule has 3 rings (SSSR count). The van der Waals surface area contributed by atoms with Gasteiger partial charge in [0.25, 0.3) is 0 Å². The molecule has 2 aromatic rings. The fourth-order valence-electron chi connectivity index (χ4n) is 2.99. The number of sulfone groups is 1. The van der Waals surface area contributed by atoms with E-state index in [1.165, 1.54) is 6.26 Å². The van der Waals surface area contributed by atoms with E-state index in [9.17, 15) is 13.2 Å². The number of hydrogen-bond acceptors (Lipinski definition) is 5. The fourth-order valence-corrected chi connectivity index (χ4v) is 3.62. The van der Waals surface area contributed by atoms with Crippen molar-refractivity contribution < 1.29 is 22.7 Å². The summed E-state index contributed by atoms with van der Waals surface area (Å²) in [7, 11) is -3.23. The number of ether oxygens (including phenoxy) is 2. The van der Waals surface area contributed by atoms with Gasteiger partial charge in [-0.2, -0.15) is 0 Å². The summed E-state index contributed by atoms with van der Waals surface area (Å²) in [5.74, 6) is 1.39. The van der Waals surface area contributed by atoms with Crippen molar-refractivity contribution in [3.8, 4) is 11.5 Å². The smallest absolute Gasteiger partial charge is 0.231 e. The summed E-state index contributed by atoms with van der Waals surface area (Å²) >= 11 is 0. The Bertz CT molecular complexity index is 922. The Hall–Kier alpha value is -2.54. The largest absolute Gasteiger partial charge is 0.454 e. The van der Waals surface area contributed by atoms with E-state index in [0.717, 1.165) is 16.9 Å². The van der Waals surface area contributed by atoms with Crippen molar-refractivity contribution in [1.82, 2.24) is 5.32 Å². The van der Waals surface area contributed by atoms with Gasteiger partial charge < -0.3 is 14.8 Å². The Morgan fingerprint density at radius 3 is 2.48 bits per heavy atom. The zero-order valence-electron chi connectivity index (χ0n) is 15.4. The molecule has 0 saturated carbocycles. The lowest BCUT2D eigenvalue weighted by Crippen LogP contribution is -2.28. The number of rotatable bonds is 7. The molecule has 0 radical (unpaired) electrons. The van der Waals surface area contributed by atoms with Crippen molar-refractivity contribution in [3.05, 3.63) is 53.6 Å². The number of aryl methyl sites for hydroxylation is 1. The molecule has 0 saturated heterocycles. The summed E-state index contributed by atoms with van der Waals surface area (Å²) in [6.45, 7) is 2.21. The Kier molecular flexibility index (Phi) is 5.70. The van der Waals surface area contributed by atoms with Crippen LogP contribution in [-0.4, -0.2) is 27.4 Å². The predicted octanol–water partition coefficient (Wildman–Crippen LogP) is 3.02. The average molecular weight is 389 g/mol. The van der Waals surface area contributed by atoms with Crippen LogP contribution in [0.3, 0.4) is 0 Å². The van der Waals surface area contributed by atoms with Crippen molar-refractivity contribution in [2.75, 3.05) is 13.0 Å². The number of amides is 1. The molecular weight excluding hydrogens is 366 g/mol. The molecule has 2 aromatic carbocycles. The van der Waals surface area contributed by atoms with E-state index < -0.39 is 9.84 Å². The number of carbonyl (C=O) groups excluding carboxylic acids is 1. The van der Waals surface area contributed by atoms with Crippen molar-refractivity contribution in [3.63, 3.8) is 0 Å². The number of hydrogen-bond donors (Lipinski definition) is 1. The van der Waals surface area contributed by atoms with Crippen LogP contribution in [-0.2, 0) is 21.1 Å². The average Bonchev–Trinajstić information content (AvgIpc) is 3.11. The lowest BCUT2D eigenvalue weighted by molar-refractivity contribution is -0.121. The molecule has 7 heteroatoms. The normalized spacial score (nSPS) is 14.0. The highest BCUT2D eigenvalue weighted by atomic mass is 32.2. The summed E-state index contributed by atoms with van der Waals surface area (Å²) in [6, 6.07) is 12.2. The van der Waals surface area contributed by atoms with Crippen molar-refractivity contribution >= 4 is 15.7 Å². The third kappa shape index (κ3) is 4.80. The second kappa shape index (κ2) is 8.00. The molecule has 1 aliphatic rings. The number of benzene rings is 2. The van der Waals surface area contributed by atoms with Crippen LogP contribution in [0.4, 0.5) is 0 Å². The highest BCUT2D eigenvalue weighted by Crippen LogP contribution is 2.32. The molecule has 1 N–H and O–H groups in total. The first-order valence-electron chi connectivity index (χ1n) is 8.84. The SMILES string of the molecule is CC[C@@H](NC(=O)CCc1ccc2c(c1)OCO2)c1ccc(S(C)(=O)=O)cc1. The van der Waals surface area contributed by atoms with Crippen molar-refractivity contribution in [1.29, 1.82) is 0 Å². The molecule has 1 aliphatic heterocycles. The number of carbonyl (C=O) groups is 1. The molecule has 0 fully saturated rings. The summed E-state index contributed by atoms with van der Waals surface area (Å²) in [5, 5.41) is 3.02. The summed E-state index contributed by atoms with van der Waals surface area (Å²) in [4.78, 5) is 12.6. The number of fused-ring (bicyclic) bond motifs is 1. The van der Waals surface area contributed by atoms with E-state index in [4.69, 9.17) is 9.47 Å². The maximum absolute atomic E-state index is 12.4. The molecule has 144 valence electrons. The summed E-state index contributed by atoms with van der Waals surface area (Å²) in [5.41, 5.74) is 1.90. The lowest BCUT2D eigenvalue weighted by atomic mass is 10.0. The minimum Gasteiger partial charge on any atom is -0.454 e. The monoisotopic (exact) mass is 389 g/mol. The van der Waals surface area contributed by atoms with E-state index in [0.29, 0.717) is 25.0 Å². The van der Waals surface area contributed by atoms with Gasteiger partial charge in [-0.15, -0.1) is 0 Å². The van der Waals surface area contributed by atoms with E-state index in [1.54, 1.807) is 24.3 Å². The zero-order valence-corrected chi connectivity index (χ0v) is 16.2.